The Bertz CT molecular complexity index is 988. The second kappa shape index (κ2) is 13.3. The third kappa shape index (κ3) is 9.41. The van der Waals surface area contributed by atoms with Gasteiger partial charge in [0, 0.05) is 12.0 Å². The monoisotopic (exact) mass is 510 g/mol. The fourth-order valence-electron chi connectivity index (χ4n) is 2.94. The maximum absolute atomic E-state index is 13.0. The lowest BCUT2D eigenvalue weighted by molar-refractivity contribution is -0.146. The number of aromatic hydroxyl groups is 1. The van der Waals surface area contributed by atoms with Gasteiger partial charge in [0.25, 0.3) is 0 Å². The van der Waals surface area contributed by atoms with E-state index >= 15 is 0 Å². The summed E-state index contributed by atoms with van der Waals surface area (Å²) < 4.78 is 9.67. The molecule has 0 aliphatic heterocycles. The normalized spacial score (nSPS) is 14.1. The molecule has 0 fully saturated rings. The number of benzene rings is 1. The van der Waals surface area contributed by atoms with E-state index in [4.69, 9.17) is 9.94 Å². The van der Waals surface area contributed by atoms with Crippen LogP contribution in [0.1, 0.15) is 45.7 Å². The van der Waals surface area contributed by atoms with Gasteiger partial charge in [0.15, 0.2) is 6.04 Å². The van der Waals surface area contributed by atoms with Crippen LogP contribution in [0.15, 0.2) is 23.4 Å². The number of nitrogens with one attached hydrogen (secondary N) is 3. The number of carbonyl (C=O) groups is 4. The Morgan fingerprint density at radius 2 is 1.67 bits per heavy atom. The number of rotatable bonds is 10. The molecule has 1 rings (SSSR count). The molecule has 200 valence electrons. The first kappa shape index (κ1) is 30.2. The average Bonchev–Trinajstić information content (AvgIpc) is 2.80. The van der Waals surface area contributed by atoms with Gasteiger partial charge in [-0.2, -0.15) is 0 Å². The molecule has 0 saturated carbocycles. The molecule has 36 heavy (non-hydrogen) atoms. The molecular formula is C23H34N4O9. The van der Waals surface area contributed by atoms with Gasteiger partial charge < -0.3 is 40.8 Å². The molecular weight excluding hydrogens is 476 g/mol. The number of aliphatic hydroxyl groups is 1. The standard InChI is InChI=1S/C23H34N4O9/c1-12(27-34)15-9-14(7-8-18(15)29)10-16(20(31)26-17(11-28)21(32)35-6)25-19(30)13(2)24-22(33)36-23(3,4)5/h7-9,13,16-17,28-29,34H,10-11H2,1-6H3,(H,24,33)(H,25,30)(H,26,31)/b27-12+/t13-,16-,17-/m0/s1. The molecule has 0 radical (unpaired) electrons. The van der Waals surface area contributed by atoms with E-state index < -0.39 is 54.2 Å². The number of phenolic OH excluding ortho intramolecular Hbond substituents is 1. The Hall–Kier alpha value is -3.87. The highest BCUT2D eigenvalue weighted by atomic mass is 16.6. The summed E-state index contributed by atoms with van der Waals surface area (Å²) in [5.74, 6) is -2.61. The first-order valence-electron chi connectivity index (χ1n) is 11.0. The SMILES string of the molecule is COC(=O)[C@H](CO)NC(=O)[C@H](Cc1ccc(O)c(/C(C)=N/O)c1)NC(=O)[C@H](C)NC(=O)OC(C)(C)C. The summed E-state index contributed by atoms with van der Waals surface area (Å²) in [5.41, 5.74) is -0.0240. The molecule has 6 N–H and O–H groups in total. The van der Waals surface area contributed by atoms with Gasteiger partial charge in [-0.05, 0) is 52.3 Å². The van der Waals surface area contributed by atoms with Crippen LogP contribution in [-0.4, -0.2) is 82.5 Å². The smallest absolute Gasteiger partial charge is 0.408 e. The van der Waals surface area contributed by atoms with E-state index in [9.17, 15) is 29.4 Å². The van der Waals surface area contributed by atoms with Gasteiger partial charge in [-0.1, -0.05) is 11.2 Å². The number of hydrogen-bond donors (Lipinski definition) is 6. The fourth-order valence-corrected chi connectivity index (χ4v) is 2.94. The van der Waals surface area contributed by atoms with Gasteiger partial charge in [-0.3, -0.25) is 9.59 Å². The molecule has 1 aromatic carbocycles. The number of aliphatic hydroxyl groups excluding tert-OH is 1. The lowest BCUT2D eigenvalue weighted by atomic mass is 10.00. The predicted octanol–water partition coefficient (Wildman–Crippen LogP) is 0.181. The van der Waals surface area contributed by atoms with E-state index in [1.165, 1.54) is 32.0 Å². The number of methoxy groups -OCH3 is 1. The van der Waals surface area contributed by atoms with Crippen LogP contribution in [-0.2, 0) is 30.3 Å². The first-order chi connectivity index (χ1) is 16.7. The maximum Gasteiger partial charge on any atom is 0.408 e. The zero-order valence-corrected chi connectivity index (χ0v) is 21.1. The van der Waals surface area contributed by atoms with Crippen molar-refractivity contribution in [2.45, 2.75) is 64.8 Å². The number of phenols is 1. The lowest BCUT2D eigenvalue weighted by Gasteiger charge is -2.24. The number of alkyl carbamates (subject to hydrolysis) is 1. The quantitative estimate of drug-likeness (QED) is 0.110. The van der Waals surface area contributed by atoms with Gasteiger partial charge >= 0.3 is 12.1 Å². The fraction of sp³-hybridized carbons (Fsp3) is 0.522. The molecule has 0 spiro atoms. The molecule has 3 atom stereocenters. The number of oxime groups is 1. The molecule has 0 aromatic heterocycles. The van der Waals surface area contributed by atoms with Crippen molar-refractivity contribution in [3.8, 4) is 5.75 Å². The number of ether oxygens (including phenoxy) is 2. The van der Waals surface area contributed by atoms with Gasteiger partial charge in [0.2, 0.25) is 11.8 Å². The summed E-state index contributed by atoms with van der Waals surface area (Å²) in [5, 5.41) is 38.7. The number of nitrogens with zero attached hydrogens (tertiary/aromatic N) is 1. The van der Waals surface area contributed by atoms with Crippen molar-refractivity contribution in [3.63, 3.8) is 0 Å². The van der Waals surface area contributed by atoms with Crippen LogP contribution in [0.5, 0.6) is 5.75 Å². The van der Waals surface area contributed by atoms with Crippen LogP contribution in [0.25, 0.3) is 0 Å². The van der Waals surface area contributed by atoms with Gasteiger partial charge in [0.1, 0.15) is 23.4 Å². The summed E-state index contributed by atoms with van der Waals surface area (Å²) in [7, 11) is 1.09. The van der Waals surface area contributed by atoms with E-state index in [2.05, 4.69) is 25.8 Å². The van der Waals surface area contributed by atoms with Gasteiger partial charge in [-0.15, -0.1) is 0 Å². The van der Waals surface area contributed by atoms with Gasteiger partial charge in [0.05, 0.1) is 19.4 Å². The summed E-state index contributed by atoms with van der Waals surface area (Å²) in [6, 6.07) is 0.531. The third-order valence-corrected chi connectivity index (χ3v) is 4.78. The second-order valence-corrected chi connectivity index (χ2v) is 8.94. The molecule has 1 aromatic rings. The van der Waals surface area contributed by atoms with E-state index in [1.807, 2.05) is 0 Å². The topological polar surface area (TPSA) is 196 Å². The molecule has 0 saturated heterocycles. The molecule has 0 aliphatic rings. The van der Waals surface area contributed by atoms with Crippen molar-refractivity contribution in [2.75, 3.05) is 13.7 Å². The number of amides is 3. The molecule has 3 amide bonds. The van der Waals surface area contributed by atoms with Crippen LogP contribution in [0.2, 0.25) is 0 Å². The Morgan fingerprint density at radius 1 is 1.06 bits per heavy atom. The third-order valence-electron chi connectivity index (χ3n) is 4.78. The Labute approximate surface area is 208 Å². The zero-order chi connectivity index (χ0) is 27.6. The van der Waals surface area contributed by atoms with E-state index in [0.29, 0.717) is 5.56 Å². The average molecular weight is 511 g/mol. The number of hydrogen-bond acceptors (Lipinski definition) is 10. The molecule has 0 unspecified atom stereocenters. The van der Waals surface area contributed by atoms with Crippen molar-refractivity contribution >= 4 is 29.6 Å². The van der Waals surface area contributed by atoms with E-state index in [1.54, 1.807) is 20.8 Å². The highest BCUT2D eigenvalue weighted by Gasteiger charge is 2.29. The van der Waals surface area contributed by atoms with Crippen LogP contribution in [0.4, 0.5) is 4.79 Å². The molecule has 13 nitrogen and oxygen atoms in total. The molecule has 0 heterocycles. The van der Waals surface area contributed by atoms with Crippen LogP contribution in [0, 0.1) is 0 Å². The highest BCUT2D eigenvalue weighted by Crippen LogP contribution is 2.20. The Morgan fingerprint density at radius 3 is 2.19 bits per heavy atom. The van der Waals surface area contributed by atoms with Crippen molar-refractivity contribution < 1.29 is 44.1 Å². The number of esters is 1. The summed E-state index contributed by atoms with van der Waals surface area (Å²) in [4.78, 5) is 49.6. The second-order valence-electron chi connectivity index (χ2n) is 8.94. The summed E-state index contributed by atoms with van der Waals surface area (Å²) in [6.07, 6.45) is -0.957. The lowest BCUT2D eigenvalue weighted by Crippen LogP contribution is -2.56. The maximum atomic E-state index is 13.0. The Kier molecular flexibility index (Phi) is 11.1. The minimum Gasteiger partial charge on any atom is -0.507 e. The van der Waals surface area contributed by atoms with Crippen molar-refractivity contribution in [1.82, 2.24) is 16.0 Å². The Balaban J connectivity index is 3.17. The zero-order valence-electron chi connectivity index (χ0n) is 21.1. The van der Waals surface area contributed by atoms with E-state index in [-0.39, 0.29) is 23.4 Å². The summed E-state index contributed by atoms with van der Waals surface area (Å²) >= 11 is 0. The minimum absolute atomic E-state index is 0.112. The summed E-state index contributed by atoms with van der Waals surface area (Å²) in [6.45, 7) is 7.07. The molecule has 0 bridgehead atoms. The van der Waals surface area contributed by atoms with Crippen molar-refractivity contribution in [1.29, 1.82) is 0 Å². The number of carbonyl (C=O) groups excluding carboxylic acids is 4. The van der Waals surface area contributed by atoms with E-state index in [0.717, 1.165) is 7.11 Å². The van der Waals surface area contributed by atoms with Crippen LogP contribution in [0.3, 0.4) is 0 Å². The largest absolute Gasteiger partial charge is 0.507 e. The predicted molar refractivity (Wildman–Crippen MR) is 128 cm³/mol. The van der Waals surface area contributed by atoms with Crippen molar-refractivity contribution in [2.24, 2.45) is 5.16 Å². The van der Waals surface area contributed by atoms with Gasteiger partial charge in [-0.25, -0.2) is 9.59 Å². The van der Waals surface area contributed by atoms with Crippen molar-refractivity contribution in [3.05, 3.63) is 29.3 Å². The van der Waals surface area contributed by atoms with Crippen LogP contribution < -0.4 is 16.0 Å². The first-order valence-corrected chi connectivity index (χ1v) is 11.0. The molecule has 13 heteroatoms. The minimum atomic E-state index is -1.38. The molecule has 0 aliphatic carbocycles. The van der Waals surface area contributed by atoms with Crippen LogP contribution >= 0.6 is 0 Å². The highest BCUT2D eigenvalue weighted by molar-refractivity contribution is 6.01.